The number of carbonyl (C=O) groups excluding carboxylic acids is 2. The van der Waals surface area contributed by atoms with E-state index in [0.29, 0.717) is 22.4 Å². The fourth-order valence-electron chi connectivity index (χ4n) is 3.66. The van der Waals surface area contributed by atoms with Crippen LogP contribution in [0.4, 0.5) is 0 Å². The number of halogens is 2. The summed E-state index contributed by atoms with van der Waals surface area (Å²) in [6.45, 7) is 5.44. The third-order valence-corrected chi connectivity index (χ3v) is 5.41. The van der Waals surface area contributed by atoms with Crippen LogP contribution in [0, 0.1) is 11.8 Å². The number of carbonyl (C=O) groups is 2. The summed E-state index contributed by atoms with van der Waals surface area (Å²) in [5, 5.41) is 6.82. The van der Waals surface area contributed by atoms with Crippen molar-refractivity contribution in [3.05, 3.63) is 34.9 Å². The molecule has 1 aromatic carbocycles. The van der Waals surface area contributed by atoms with Gasteiger partial charge in [0.05, 0.1) is 0 Å². The molecular weight excluding hydrogens is 361 g/mol. The highest BCUT2D eigenvalue weighted by Crippen LogP contribution is 2.27. The topological polar surface area (TPSA) is 61.4 Å². The summed E-state index contributed by atoms with van der Waals surface area (Å²) in [4.78, 5) is 26.8. The van der Waals surface area contributed by atoms with Gasteiger partial charge in [0.25, 0.3) is 5.91 Å². The molecule has 3 atom stereocenters. The first kappa shape index (κ1) is 20.0. The molecule has 0 radical (unpaired) electrons. The Bertz CT molecular complexity index is 595. The highest BCUT2D eigenvalue weighted by atomic mass is 35.5. The van der Waals surface area contributed by atoms with E-state index < -0.39 is 6.04 Å². The Morgan fingerprint density at radius 1 is 1.16 bits per heavy atom. The quantitative estimate of drug-likeness (QED) is 0.839. The monoisotopic (exact) mass is 385 g/mol. The third-order valence-electron chi connectivity index (χ3n) is 5.16. The standard InChI is InChI=1S/C18H24ClN3O2.ClH/c1-12(21-17(23)13-2-4-16(19)5-3-13)18(24)22-8-6-14-10-20-11-15(14)7-9-22;/h2-5,12,14-15,20H,6-11H2,1H3,(H,21,23);1H/t12?,14-,15+;. The first-order chi connectivity index (χ1) is 11.5. The zero-order valence-corrected chi connectivity index (χ0v) is 15.9. The lowest BCUT2D eigenvalue weighted by Crippen LogP contribution is -2.47. The largest absolute Gasteiger partial charge is 0.341 e. The molecule has 2 fully saturated rings. The lowest BCUT2D eigenvalue weighted by Gasteiger charge is -2.25. The van der Waals surface area contributed by atoms with Crippen LogP contribution in [0.3, 0.4) is 0 Å². The molecule has 3 rings (SSSR count). The Labute approximate surface area is 159 Å². The molecule has 2 aliphatic rings. The van der Waals surface area contributed by atoms with E-state index in [0.717, 1.165) is 39.0 Å². The lowest BCUT2D eigenvalue weighted by atomic mass is 9.92. The highest BCUT2D eigenvalue weighted by molar-refractivity contribution is 6.30. The fourth-order valence-corrected chi connectivity index (χ4v) is 3.78. The Morgan fingerprint density at radius 3 is 2.28 bits per heavy atom. The van der Waals surface area contributed by atoms with Gasteiger partial charge >= 0.3 is 0 Å². The van der Waals surface area contributed by atoms with Crippen LogP contribution in [-0.2, 0) is 4.79 Å². The van der Waals surface area contributed by atoms with E-state index in [1.807, 2.05) is 4.90 Å². The van der Waals surface area contributed by atoms with Gasteiger partial charge in [0.1, 0.15) is 6.04 Å². The van der Waals surface area contributed by atoms with E-state index in [9.17, 15) is 9.59 Å². The SMILES string of the molecule is CC(NC(=O)c1ccc(Cl)cc1)C(=O)N1CC[C@@H]2CNC[C@@H]2CC1.Cl. The van der Waals surface area contributed by atoms with E-state index in [-0.39, 0.29) is 24.2 Å². The average Bonchev–Trinajstić information content (AvgIpc) is 2.93. The van der Waals surface area contributed by atoms with Crippen LogP contribution in [0.25, 0.3) is 0 Å². The summed E-state index contributed by atoms with van der Waals surface area (Å²) in [5.74, 6) is 1.12. The molecular formula is C18H25Cl2N3O2. The average molecular weight is 386 g/mol. The molecule has 0 bridgehead atoms. The summed E-state index contributed by atoms with van der Waals surface area (Å²) in [6.07, 6.45) is 2.09. The molecule has 1 unspecified atom stereocenters. The van der Waals surface area contributed by atoms with Crippen molar-refractivity contribution in [1.82, 2.24) is 15.5 Å². The molecule has 0 aliphatic carbocycles. The normalized spacial score (nSPS) is 23.8. The second-order valence-corrected chi connectivity index (χ2v) is 7.22. The molecule has 2 N–H and O–H groups in total. The zero-order chi connectivity index (χ0) is 17.1. The molecule has 2 amide bonds. The minimum absolute atomic E-state index is 0. The van der Waals surface area contributed by atoms with Gasteiger partial charge in [0.2, 0.25) is 5.91 Å². The van der Waals surface area contributed by atoms with Gasteiger partial charge in [0.15, 0.2) is 0 Å². The summed E-state index contributed by atoms with van der Waals surface area (Å²) in [6, 6.07) is 6.14. The number of fused-ring (bicyclic) bond motifs is 1. The number of likely N-dealkylation sites (tertiary alicyclic amines) is 1. The third kappa shape index (κ3) is 4.87. The summed E-state index contributed by atoms with van der Waals surface area (Å²) in [7, 11) is 0. The molecule has 2 aliphatic heterocycles. The second kappa shape index (κ2) is 8.88. The predicted molar refractivity (Wildman–Crippen MR) is 101 cm³/mol. The Balaban J connectivity index is 0.00000225. The van der Waals surface area contributed by atoms with Crippen LogP contribution in [0.2, 0.25) is 5.02 Å². The van der Waals surface area contributed by atoms with Crippen molar-refractivity contribution in [2.24, 2.45) is 11.8 Å². The van der Waals surface area contributed by atoms with Crippen molar-refractivity contribution in [2.45, 2.75) is 25.8 Å². The Morgan fingerprint density at radius 2 is 1.72 bits per heavy atom. The Hall–Kier alpha value is -1.30. The maximum Gasteiger partial charge on any atom is 0.251 e. The van der Waals surface area contributed by atoms with Gasteiger partial charge in [-0.05, 0) is 69.0 Å². The highest BCUT2D eigenvalue weighted by Gasteiger charge is 2.32. The molecule has 138 valence electrons. The smallest absolute Gasteiger partial charge is 0.251 e. The summed E-state index contributed by atoms with van der Waals surface area (Å²) < 4.78 is 0. The molecule has 0 aromatic heterocycles. The molecule has 2 heterocycles. The van der Waals surface area contributed by atoms with Gasteiger partial charge in [-0.1, -0.05) is 11.6 Å². The van der Waals surface area contributed by atoms with Crippen LogP contribution < -0.4 is 10.6 Å². The molecule has 0 spiro atoms. The van der Waals surface area contributed by atoms with Crippen molar-refractivity contribution in [1.29, 1.82) is 0 Å². The number of amides is 2. The van der Waals surface area contributed by atoms with Gasteiger partial charge in [0, 0.05) is 23.7 Å². The Kier molecular flexibility index (Phi) is 7.11. The van der Waals surface area contributed by atoms with Crippen molar-refractivity contribution in [3.63, 3.8) is 0 Å². The van der Waals surface area contributed by atoms with Crippen molar-refractivity contribution in [2.75, 3.05) is 26.2 Å². The van der Waals surface area contributed by atoms with Crippen LogP contribution in [0.1, 0.15) is 30.1 Å². The van der Waals surface area contributed by atoms with Crippen LogP contribution in [-0.4, -0.2) is 48.9 Å². The van der Waals surface area contributed by atoms with Gasteiger partial charge in [-0.25, -0.2) is 0 Å². The number of nitrogens with zero attached hydrogens (tertiary/aromatic N) is 1. The summed E-state index contributed by atoms with van der Waals surface area (Å²) in [5.41, 5.74) is 0.510. The zero-order valence-electron chi connectivity index (χ0n) is 14.3. The van der Waals surface area contributed by atoms with E-state index >= 15 is 0 Å². The van der Waals surface area contributed by atoms with E-state index in [1.165, 1.54) is 0 Å². The molecule has 2 saturated heterocycles. The first-order valence-corrected chi connectivity index (χ1v) is 8.98. The molecule has 7 heteroatoms. The summed E-state index contributed by atoms with van der Waals surface area (Å²) >= 11 is 5.83. The van der Waals surface area contributed by atoms with Crippen LogP contribution in [0.15, 0.2) is 24.3 Å². The van der Waals surface area contributed by atoms with Gasteiger partial charge in [-0.15, -0.1) is 12.4 Å². The van der Waals surface area contributed by atoms with Crippen molar-refractivity contribution < 1.29 is 9.59 Å². The molecule has 1 aromatic rings. The minimum Gasteiger partial charge on any atom is -0.341 e. The maximum absolute atomic E-state index is 12.7. The molecule has 0 saturated carbocycles. The second-order valence-electron chi connectivity index (χ2n) is 6.78. The first-order valence-electron chi connectivity index (χ1n) is 8.60. The number of benzene rings is 1. The lowest BCUT2D eigenvalue weighted by molar-refractivity contribution is -0.132. The number of rotatable bonds is 3. The minimum atomic E-state index is -0.524. The number of hydrogen-bond donors (Lipinski definition) is 2. The number of hydrogen-bond acceptors (Lipinski definition) is 3. The van der Waals surface area contributed by atoms with Crippen molar-refractivity contribution in [3.8, 4) is 0 Å². The van der Waals surface area contributed by atoms with Crippen molar-refractivity contribution >= 4 is 35.8 Å². The van der Waals surface area contributed by atoms with Crippen LogP contribution >= 0.6 is 24.0 Å². The van der Waals surface area contributed by atoms with E-state index in [2.05, 4.69) is 10.6 Å². The van der Waals surface area contributed by atoms with Gasteiger partial charge < -0.3 is 15.5 Å². The van der Waals surface area contributed by atoms with E-state index in [4.69, 9.17) is 11.6 Å². The molecule has 5 nitrogen and oxygen atoms in total. The van der Waals surface area contributed by atoms with Crippen LogP contribution in [0.5, 0.6) is 0 Å². The number of nitrogens with one attached hydrogen (secondary N) is 2. The predicted octanol–water partition coefficient (Wildman–Crippen LogP) is 2.34. The van der Waals surface area contributed by atoms with Gasteiger partial charge in [-0.3, -0.25) is 9.59 Å². The maximum atomic E-state index is 12.7. The van der Waals surface area contributed by atoms with E-state index in [1.54, 1.807) is 31.2 Å². The fraction of sp³-hybridized carbons (Fsp3) is 0.556. The van der Waals surface area contributed by atoms with Gasteiger partial charge in [-0.2, -0.15) is 0 Å². The molecule has 25 heavy (non-hydrogen) atoms.